The summed E-state index contributed by atoms with van der Waals surface area (Å²) in [5.74, 6) is 0.459. The normalized spacial score (nSPS) is 11.1. The van der Waals surface area contributed by atoms with E-state index in [0.29, 0.717) is 5.92 Å². The summed E-state index contributed by atoms with van der Waals surface area (Å²) in [5.41, 5.74) is 2.31. The van der Waals surface area contributed by atoms with Gasteiger partial charge >= 0.3 is 0 Å². The van der Waals surface area contributed by atoms with Crippen LogP contribution < -0.4 is 5.32 Å². The molecule has 4 heteroatoms. The van der Waals surface area contributed by atoms with E-state index in [-0.39, 0.29) is 0 Å². The lowest BCUT2D eigenvalue weighted by Crippen LogP contribution is -2.12. The molecule has 2 aromatic rings. The Kier molecular flexibility index (Phi) is 4.44. The summed E-state index contributed by atoms with van der Waals surface area (Å²) < 4.78 is 0. The van der Waals surface area contributed by atoms with Crippen LogP contribution in [-0.2, 0) is 6.54 Å². The van der Waals surface area contributed by atoms with E-state index in [1.165, 1.54) is 10.6 Å². The van der Waals surface area contributed by atoms with Gasteiger partial charge in [-0.05, 0) is 24.6 Å². The smallest absolute Gasteiger partial charge is 0.125 e. The quantitative estimate of drug-likeness (QED) is 0.896. The Balaban J connectivity index is 2.33. The molecule has 2 aromatic heterocycles. The third-order valence-electron chi connectivity index (χ3n) is 2.72. The van der Waals surface area contributed by atoms with Crippen molar-refractivity contribution in [1.29, 1.82) is 0 Å². The molecule has 2 heterocycles. The van der Waals surface area contributed by atoms with Gasteiger partial charge < -0.3 is 5.32 Å². The summed E-state index contributed by atoms with van der Waals surface area (Å²) in [5, 5.41) is 4.45. The van der Waals surface area contributed by atoms with Crippen LogP contribution in [0.2, 0.25) is 0 Å². The highest BCUT2D eigenvalue weighted by molar-refractivity contribution is 7.15. The first kappa shape index (κ1) is 13.2. The van der Waals surface area contributed by atoms with Crippen molar-refractivity contribution in [2.24, 2.45) is 0 Å². The van der Waals surface area contributed by atoms with Crippen LogP contribution >= 0.6 is 11.3 Å². The minimum Gasteiger partial charge on any atom is -0.312 e. The number of nitrogens with zero attached hydrogens (tertiary/aromatic N) is 2. The van der Waals surface area contributed by atoms with Crippen LogP contribution in [0.5, 0.6) is 0 Å². The minimum absolute atomic E-state index is 0.459. The van der Waals surface area contributed by atoms with Crippen LogP contribution in [0, 0.1) is 0 Å². The number of thiazole rings is 1. The van der Waals surface area contributed by atoms with Gasteiger partial charge in [-0.15, -0.1) is 11.3 Å². The maximum Gasteiger partial charge on any atom is 0.125 e. The molecule has 0 amide bonds. The summed E-state index contributed by atoms with van der Waals surface area (Å²) >= 11 is 1.77. The molecule has 0 atom stereocenters. The Bertz CT molecular complexity index is 491. The second-order valence-corrected chi connectivity index (χ2v) is 5.59. The Morgan fingerprint density at radius 3 is 2.83 bits per heavy atom. The van der Waals surface area contributed by atoms with Gasteiger partial charge in [0.2, 0.25) is 0 Å². The first-order valence-electron chi connectivity index (χ1n) is 6.33. The van der Waals surface area contributed by atoms with Crippen LogP contribution in [0.25, 0.3) is 10.6 Å². The fourth-order valence-electron chi connectivity index (χ4n) is 1.79. The van der Waals surface area contributed by atoms with Crippen molar-refractivity contribution in [2.45, 2.75) is 33.2 Å². The summed E-state index contributed by atoms with van der Waals surface area (Å²) in [7, 11) is 0. The summed E-state index contributed by atoms with van der Waals surface area (Å²) in [6.07, 6.45) is 3.67. The predicted octanol–water partition coefficient (Wildman–Crippen LogP) is 3.44. The van der Waals surface area contributed by atoms with Gasteiger partial charge in [0.1, 0.15) is 5.01 Å². The molecule has 0 unspecified atom stereocenters. The van der Waals surface area contributed by atoms with Crippen molar-refractivity contribution < 1.29 is 0 Å². The third-order valence-corrected chi connectivity index (χ3v) is 3.84. The molecule has 0 aromatic carbocycles. The van der Waals surface area contributed by atoms with E-state index in [1.54, 1.807) is 17.5 Å². The maximum atomic E-state index is 4.77. The monoisotopic (exact) mass is 261 g/mol. The van der Waals surface area contributed by atoms with E-state index in [2.05, 4.69) is 37.1 Å². The summed E-state index contributed by atoms with van der Waals surface area (Å²) in [6.45, 7) is 8.40. The number of hydrogen-bond donors (Lipinski definition) is 1. The number of rotatable bonds is 5. The zero-order valence-electron chi connectivity index (χ0n) is 11.1. The maximum absolute atomic E-state index is 4.77. The fourth-order valence-corrected chi connectivity index (χ4v) is 2.97. The Morgan fingerprint density at radius 1 is 1.39 bits per heavy atom. The molecule has 0 aliphatic rings. The minimum atomic E-state index is 0.459. The number of aromatic nitrogens is 2. The zero-order chi connectivity index (χ0) is 13.0. The van der Waals surface area contributed by atoms with Crippen LogP contribution in [-0.4, -0.2) is 16.5 Å². The molecule has 0 bridgehead atoms. The van der Waals surface area contributed by atoms with E-state index in [0.717, 1.165) is 23.7 Å². The molecule has 0 aliphatic heterocycles. The standard InChI is InChI=1S/C14H19N3S/c1-4-15-9-12-13(10(2)3)17-14(18-12)11-6-5-7-16-8-11/h5-8,10,15H,4,9H2,1-3H3. The molecular formula is C14H19N3S. The second-order valence-electron chi connectivity index (χ2n) is 4.50. The molecule has 3 nitrogen and oxygen atoms in total. The van der Waals surface area contributed by atoms with Gasteiger partial charge in [0.05, 0.1) is 5.69 Å². The predicted molar refractivity (Wildman–Crippen MR) is 76.8 cm³/mol. The molecule has 1 N–H and O–H groups in total. The van der Waals surface area contributed by atoms with E-state index < -0.39 is 0 Å². The number of hydrogen-bond acceptors (Lipinski definition) is 4. The lowest BCUT2D eigenvalue weighted by Gasteiger charge is -2.04. The van der Waals surface area contributed by atoms with Crippen LogP contribution in [0.4, 0.5) is 0 Å². The van der Waals surface area contributed by atoms with Crippen molar-refractivity contribution >= 4 is 11.3 Å². The molecule has 0 saturated heterocycles. The van der Waals surface area contributed by atoms with Gasteiger partial charge in [0, 0.05) is 29.4 Å². The van der Waals surface area contributed by atoms with Crippen LogP contribution in [0.1, 0.15) is 37.3 Å². The van der Waals surface area contributed by atoms with Gasteiger partial charge in [-0.25, -0.2) is 4.98 Å². The topological polar surface area (TPSA) is 37.8 Å². The molecule has 2 rings (SSSR count). The van der Waals surface area contributed by atoms with Crippen molar-refractivity contribution in [2.75, 3.05) is 6.54 Å². The van der Waals surface area contributed by atoms with E-state index in [9.17, 15) is 0 Å². The Hall–Kier alpha value is -1.26. The molecule has 0 fully saturated rings. The number of nitrogens with one attached hydrogen (secondary N) is 1. The van der Waals surface area contributed by atoms with Crippen molar-refractivity contribution in [3.05, 3.63) is 35.1 Å². The summed E-state index contributed by atoms with van der Waals surface area (Å²) in [4.78, 5) is 10.3. The second kappa shape index (κ2) is 6.07. The van der Waals surface area contributed by atoms with Crippen molar-refractivity contribution in [3.8, 4) is 10.6 Å². The largest absolute Gasteiger partial charge is 0.312 e. The average molecular weight is 261 g/mol. The van der Waals surface area contributed by atoms with Gasteiger partial charge in [-0.2, -0.15) is 0 Å². The third kappa shape index (κ3) is 2.94. The molecular weight excluding hydrogens is 242 g/mol. The zero-order valence-corrected chi connectivity index (χ0v) is 11.9. The van der Waals surface area contributed by atoms with E-state index >= 15 is 0 Å². The Labute approximate surface area is 112 Å². The van der Waals surface area contributed by atoms with Crippen molar-refractivity contribution in [3.63, 3.8) is 0 Å². The highest BCUT2D eigenvalue weighted by atomic mass is 32.1. The molecule has 18 heavy (non-hydrogen) atoms. The lowest BCUT2D eigenvalue weighted by atomic mass is 10.1. The van der Waals surface area contributed by atoms with Gasteiger partial charge in [0.25, 0.3) is 0 Å². The highest BCUT2D eigenvalue weighted by Crippen LogP contribution is 2.31. The van der Waals surface area contributed by atoms with Crippen LogP contribution in [0.3, 0.4) is 0 Å². The first-order valence-corrected chi connectivity index (χ1v) is 7.14. The lowest BCUT2D eigenvalue weighted by molar-refractivity contribution is 0.714. The molecule has 96 valence electrons. The fraction of sp³-hybridized carbons (Fsp3) is 0.429. The molecule has 0 aliphatic carbocycles. The van der Waals surface area contributed by atoms with Crippen molar-refractivity contribution in [1.82, 2.24) is 15.3 Å². The van der Waals surface area contributed by atoms with Crippen LogP contribution in [0.15, 0.2) is 24.5 Å². The van der Waals surface area contributed by atoms with Gasteiger partial charge in [-0.1, -0.05) is 20.8 Å². The molecule has 0 spiro atoms. The SMILES string of the molecule is CCNCc1sc(-c2cccnc2)nc1C(C)C. The van der Waals surface area contributed by atoms with Gasteiger partial charge in [-0.3, -0.25) is 4.98 Å². The molecule has 0 saturated carbocycles. The summed E-state index contributed by atoms with van der Waals surface area (Å²) in [6, 6.07) is 4.02. The van der Waals surface area contributed by atoms with E-state index in [1.807, 2.05) is 12.3 Å². The molecule has 0 radical (unpaired) electrons. The number of pyridine rings is 1. The first-order chi connectivity index (χ1) is 8.72. The average Bonchev–Trinajstić information content (AvgIpc) is 2.81. The van der Waals surface area contributed by atoms with E-state index in [4.69, 9.17) is 4.98 Å². The highest BCUT2D eigenvalue weighted by Gasteiger charge is 2.14. The Morgan fingerprint density at radius 2 is 2.22 bits per heavy atom. The van der Waals surface area contributed by atoms with Gasteiger partial charge in [0.15, 0.2) is 0 Å².